The fourth-order valence-corrected chi connectivity index (χ4v) is 5.58. The fraction of sp³-hybridized carbons (Fsp3) is 0.364. The van der Waals surface area contributed by atoms with Gasteiger partial charge < -0.3 is 9.88 Å². The number of likely N-dealkylation sites (tertiary alicyclic amines) is 1. The van der Waals surface area contributed by atoms with Gasteiger partial charge in [0, 0.05) is 30.7 Å². The quantitative estimate of drug-likeness (QED) is 0.635. The molecule has 5 rings (SSSR count). The van der Waals surface area contributed by atoms with Gasteiger partial charge in [0.2, 0.25) is 10.0 Å². The second-order valence-corrected chi connectivity index (χ2v) is 9.98. The van der Waals surface area contributed by atoms with Crippen LogP contribution in [0.2, 0.25) is 0 Å². The number of benzene rings is 2. The van der Waals surface area contributed by atoms with Crippen molar-refractivity contribution in [3.63, 3.8) is 0 Å². The summed E-state index contributed by atoms with van der Waals surface area (Å²) < 4.78 is 29.4. The highest BCUT2D eigenvalue weighted by molar-refractivity contribution is 7.89. The number of H-pyrrole nitrogens is 1. The molecule has 1 aromatic heterocycles. The first kappa shape index (κ1) is 20.0. The third-order valence-corrected chi connectivity index (χ3v) is 7.55. The molecule has 0 radical (unpaired) electrons. The molecule has 8 nitrogen and oxygen atoms in total. The Morgan fingerprint density at radius 3 is 2.48 bits per heavy atom. The molecule has 2 heterocycles. The van der Waals surface area contributed by atoms with Gasteiger partial charge in [-0.1, -0.05) is 18.2 Å². The highest BCUT2D eigenvalue weighted by atomic mass is 32.2. The molecule has 0 bridgehead atoms. The van der Waals surface area contributed by atoms with E-state index in [1.54, 1.807) is 21.6 Å². The molecule has 9 heteroatoms. The number of aromatic nitrogens is 2. The molecule has 0 spiro atoms. The average molecular weight is 441 g/mol. The third-order valence-electron chi connectivity index (χ3n) is 6.03. The molecule has 1 amide bonds. The topological polar surface area (TPSA) is 104 Å². The zero-order valence-electron chi connectivity index (χ0n) is 17.0. The maximum Gasteiger partial charge on any atom is 0.326 e. The van der Waals surface area contributed by atoms with Gasteiger partial charge in [0.15, 0.2) is 0 Å². The molecule has 1 aliphatic heterocycles. The van der Waals surface area contributed by atoms with E-state index in [0.29, 0.717) is 31.5 Å². The Hall–Kier alpha value is -2.91. The van der Waals surface area contributed by atoms with Crippen LogP contribution >= 0.6 is 0 Å². The molecule has 31 heavy (non-hydrogen) atoms. The Balaban J connectivity index is 1.31. The smallest absolute Gasteiger partial charge is 0.326 e. The molecule has 2 fully saturated rings. The van der Waals surface area contributed by atoms with Crippen LogP contribution in [0.15, 0.2) is 58.2 Å². The zero-order chi connectivity index (χ0) is 21.6. The average Bonchev–Trinajstić information content (AvgIpc) is 3.51. The van der Waals surface area contributed by atoms with Crippen LogP contribution in [0.25, 0.3) is 11.0 Å². The first-order chi connectivity index (χ1) is 14.9. The second-order valence-electron chi connectivity index (χ2n) is 8.26. The summed E-state index contributed by atoms with van der Waals surface area (Å²) in [7, 11) is -3.61. The number of imidazole rings is 1. The van der Waals surface area contributed by atoms with Gasteiger partial charge in [0.25, 0.3) is 5.91 Å². The number of carbonyl (C=O) groups is 1. The molecule has 2 N–H and O–H groups in total. The molecule has 1 saturated carbocycles. The third kappa shape index (κ3) is 3.90. The Morgan fingerprint density at radius 1 is 1.00 bits per heavy atom. The van der Waals surface area contributed by atoms with Crippen molar-refractivity contribution in [2.45, 2.75) is 42.7 Å². The van der Waals surface area contributed by atoms with E-state index in [2.05, 4.69) is 9.71 Å². The number of hydrogen-bond donors (Lipinski definition) is 2. The van der Waals surface area contributed by atoms with Crippen molar-refractivity contribution in [2.75, 3.05) is 13.1 Å². The highest BCUT2D eigenvalue weighted by Crippen LogP contribution is 2.26. The number of carbonyl (C=O) groups excluding carboxylic acids is 1. The second kappa shape index (κ2) is 7.65. The SMILES string of the molecule is O=C(c1cccc(S(=O)(=O)NC2CC2)c1)N1CCC(n2c(=O)[nH]c3ccccc32)CC1. The first-order valence-electron chi connectivity index (χ1n) is 10.5. The summed E-state index contributed by atoms with van der Waals surface area (Å²) in [5.74, 6) is -0.187. The minimum atomic E-state index is -3.61. The molecular formula is C22H24N4O4S. The molecule has 0 unspecified atom stereocenters. The van der Waals surface area contributed by atoms with Crippen molar-refractivity contribution >= 4 is 27.0 Å². The summed E-state index contributed by atoms with van der Waals surface area (Å²) in [4.78, 5) is 30.2. The van der Waals surface area contributed by atoms with Crippen LogP contribution in [-0.2, 0) is 10.0 Å². The van der Waals surface area contributed by atoms with Crippen LogP contribution in [0.3, 0.4) is 0 Å². The number of sulfonamides is 1. The molecule has 3 aromatic rings. The van der Waals surface area contributed by atoms with Crippen LogP contribution in [0.4, 0.5) is 0 Å². The van der Waals surface area contributed by atoms with E-state index >= 15 is 0 Å². The molecule has 162 valence electrons. The number of piperidine rings is 1. The summed E-state index contributed by atoms with van der Waals surface area (Å²) in [5, 5.41) is 0. The Kier molecular flexibility index (Phi) is 4.94. The van der Waals surface area contributed by atoms with Gasteiger partial charge in [-0.25, -0.2) is 17.9 Å². The van der Waals surface area contributed by atoms with E-state index in [0.717, 1.165) is 23.9 Å². The maximum atomic E-state index is 13.0. The molecular weight excluding hydrogens is 416 g/mol. The highest BCUT2D eigenvalue weighted by Gasteiger charge is 2.30. The largest absolute Gasteiger partial charge is 0.338 e. The number of rotatable bonds is 5. The number of amides is 1. The summed E-state index contributed by atoms with van der Waals surface area (Å²) >= 11 is 0. The predicted octanol–water partition coefficient (Wildman–Crippen LogP) is 2.25. The van der Waals surface area contributed by atoms with Crippen molar-refractivity contribution < 1.29 is 13.2 Å². The molecule has 2 aliphatic rings. The molecule has 2 aromatic carbocycles. The number of nitrogens with zero attached hydrogens (tertiary/aromatic N) is 2. The number of para-hydroxylation sites is 2. The number of fused-ring (bicyclic) bond motifs is 1. The van der Waals surface area contributed by atoms with E-state index in [-0.39, 0.29) is 28.6 Å². The van der Waals surface area contributed by atoms with Crippen molar-refractivity contribution in [1.29, 1.82) is 0 Å². The number of nitrogens with one attached hydrogen (secondary N) is 2. The lowest BCUT2D eigenvalue weighted by atomic mass is 10.0. The van der Waals surface area contributed by atoms with Crippen LogP contribution in [0, 0.1) is 0 Å². The van der Waals surface area contributed by atoms with Gasteiger partial charge in [-0.2, -0.15) is 0 Å². The van der Waals surface area contributed by atoms with Crippen LogP contribution in [0.1, 0.15) is 42.1 Å². The van der Waals surface area contributed by atoms with Gasteiger partial charge in [-0.15, -0.1) is 0 Å². The van der Waals surface area contributed by atoms with Gasteiger partial charge in [-0.05, 0) is 56.0 Å². The lowest BCUT2D eigenvalue weighted by molar-refractivity contribution is 0.0694. The number of aromatic amines is 1. The zero-order valence-corrected chi connectivity index (χ0v) is 17.8. The van der Waals surface area contributed by atoms with E-state index in [4.69, 9.17) is 0 Å². The van der Waals surface area contributed by atoms with Crippen molar-refractivity contribution in [2.24, 2.45) is 0 Å². The van der Waals surface area contributed by atoms with Crippen molar-refractivity contribution in [3.8, 4) is 0 Å². The van der Waals surface area contributed by atoms with E-state index in [1.807, 2.05) is 24.3 Å². The minimum absolute atomic E-state index is 0.0105. The Morgan fingerprint density at radius 2 is 1.74 bits per heavy atom. The monoisotopic (exact) mass is 440 g/mol. The van der Waals surface area contributed by atoms with Gasteiger partial charge in [0.05, 0.1) is 15.9 Å². The lowest BCUT2D eigenvalue weighted by Crippen LogP contribution is -2.40. The first-order valence-corrected chi connectivity index (χ1v) is 12.0. The van der Waals surface area contributed by atoms with Gasteiger partial charge in [0.1, 0.15) is 0 Å². The van der Waals surface area contributed by atoms with Crippen molar-refractivity contribution in [3.05, 3.63) is 64.6 Å². The molecule has 0 atom stereocenters. The summed E-state index contributed by atoms with van der Waals surface area (Å²) in [6.07, 6.45) is 3.03. The normalized spacial score (nSPS) is 17.9. The fourth-order valence-electron chi connectivity index (χ4n) is 4.23. The predicted molar refractivity (Wildman–Crippen MR) is 117 cm³/mol. The van der Waals surface area contributed by atoms with Crippen LogP contribution in [0.5, 0.6) is 0 Å². The van der Waals surface area contributed by atoms with Crippen LogP contribution < -0.4 is 10.4 Å². The maximum absolute atomic E-state index is 13.0. The van der Waals surface area contributed by atoms with E-state index in [1.165, 1.54) is 12.1 Å². The summed E-state index contributed by atoms with van der Waals surface area (Å²) in [5.41, 5.74) is 1.91. The van der Waals surface area contributed by atoms with Gasteiger partial charge in [-0.3, -0.25) is 9.36 Å². The Labute approximate surface area is 179 Å². The van der Waals surface area contributed by atoms with Crippen LogP contribution in [-0.4, -0.2) is 47.9 Å². The van der Waals surface area contributed by atoms with E-state index in [9.17, 15) is 18.0 Å². The van der Waals surface area contributed by atoms with Crippen molar-refractivity contribution in [1.82, 2.24) is 19.2 Å². The Bertz CT molecular complexity index is 1300. The van der Waals surface area contributed by atoms with E-state index < -0.39 is 10.0 Å². The molecule has 1 aliphatic carbocycles. The molecule has 1 saturated heterocycles. The summed E-state index contributed by atoms with van der Waals surface area (Å²) in [6, 6.07) is 13.8. The summed E-state index contributed by atoms with van der Waals surface area (Å²) in [6.45, 7) is 1.01. The number of hydrogen-bond acceptors (Lipinski definition) is 4. The standard InChI is InChI=1S/C22H24N4O4S/c27-21(15-4-3-5-18(14-15)31(29,30)24-16-8-9-16)25-12-10-17(11-13-25)26-20-7-2-1-6-19(20)23-22(26)28/h1-7,14,16-17,24H,8-13H2,(H,23,28). The lowest BCUT2D eigenvalue weighted by Gasteiger charge is -2.32. The minimum Gasteiger partial charge on any atom is -0.338 e. The van der Waals surface area contributed by atoms with Gasteiger partial charge >= 0.3 is 5.69 Å².